The molecule has 0 amide bonds. The molecule has 0 saturated carbocycles. The molecule has 0 atom stereocenters. The Morgan fingerprint density at radius 1 is 1.08 bits per heavy atom. The van der Waals surface area contributed by atoms with E-state index in [9.17, 15) is 0 Å². The van der Waals surface area contributed by atoms with Gasteiger partial charge in [-0.05, 0) is 18.1 Å². The van der Waals surface area contributed by atoms with Crippen molar-refractivity contribution in [3.63, 3.8) is 0 Å². The topological polar surface area (TPSA) is 53.5 Å². The zero-order chi connectivity index (χ0) is 17.3. The lowest BCUT2D eigenvalue weighted by molar-refractivity contribution is 0.198. The quantitative estimate of drug-likeness (QED) is 0.743. The van der Waals surface area contributed by atoms with Crippen molar-refractivity contribution in [2.24, 2.45) is 0 Å². The van der Waals surface area contributed by atoms with Gasteiger partial charge in [0.1, 0.15) is 5.82 Å². The van der Waals surface area contributed by atoms with Crippen LogP contribution in [0.1, 0.15) is 12.0 Å². The van der Waals surface area contributed by atoms with Crippen LogP contribution in [0.25, 0.3) is 0 Å². The third-order valence-corrected chi connectivity index (χ3v) is 4.38. The number of ether oxygens (including phenoxy) is 1. The summed E-state index contributed by atoms with van der Waals surface area (Å²) in [5.41, 5.74) is 1.37. The van der Waals surface area contributed by atoms with E-state index in [1.165, 1.54) is 5.56 Å². The average Bonchev–Trinajstić information content (AvgIpc) is 2.67. The maximum Gasteiger partial charge on any atom is 0.227 e. The van der Waals surface area contributed by atoms with Crippen LogP contribution in [0.2, 0.25) is 0 Å². The molecule has 0 unspecified atom stereocenters. The minimum absolute atomic E-state index is 0.758. The van der Waals surface area contributed by atoms with E-state index in [1.807, 2.05) is 12.3 Å². The Labute approximate surface area is 149 Å². The number of hydrogen-bond donors (Lipinski definition) is 1. The van der Waals surface area contributed by atoms with Gasteiger partial charge in [-0.1, -0.05) is 30.3 Å². The molecule has 1 aromatic carbocycles. The Bertz CT molecular complexity index is 629. The standard InChI is InChI=1S/C19H27N5O/c1-25-15-5-9-20-18-8-10-21-19(22-18)24-13-11-23(12-14-24)16-17-6-3-2-4-7-17/h2-4,6-8,10H,5,9,11-16H2,1H3,(H,20,21,22). The maximum atomic E-state index is 5.07. The van der Waals surface area contributed by atoms with Crippen molar-refractivity contribution in [2.45, 2.75) is 13.0 Å². The molecule has 3 rings (SSSR count). The number of benzene rings is 1. The number of hydrogen-bond acceptors (Lipinski definition) is 6. The average molecular weight is 341 g/mol. The SMILES string of the molecule is COCCCNc1ccnc(N2CCN(Cc3ccccc3)CC2)n1. The van der Waals surface area contributed by atoms with Gasteiger partial charge in [-0.25, -0.2) is 4.98 Å². The van der Waals surface area contributed by atoms with Crippen molar-refractivity contribution >= 4 is 11.8 Å². The fraction of sp³-hybridized carbons (Fsp3) is 0.474. The van der Waals surface area contributed by atoms with Crippen LogP contribution in [0.3, 0.4) is 0 Å². The van der Waals surface area contributed by atoms with E-state index in [2.05, 4.69) is 55.4 Å². The van der Waals surface area contributed by atoms with Crippen molar-refractivity contribution in [2.75, 3.05) is 56.7 Å². The number of rotatable bonds is 8. The van der Waals surface area contributed by atoms with Crippen LogP contribution in [0, 0.1) is 0 Å². The van der Waals surface area contributed by atoms with Crippen LogP contribution < -0.4 is 10.2 Å². The normalized spacial score (nSPS) is 15.3. The Kier molecular flexibility index (Phi) is 6.59. The van der Waals surface area contributed by atoms with Crippen molar-refractivity contribution < 1.29 is 4.74 Å². The van der Waals surface area contributed by atoms with E-state index in [1.54, 1.807) is 7.11 Å². The third-order valence-electron chi connectivity index (χ3n) is 4.38. The van der Waals surface area contributed by atoms with Gasteiger partial charge in [-0.3, -0.25) is 4.90 Å². The lowest BCUT2D eigenvalue weighted by Gasteiger charge is -2.34. The highest BCUT2D eigenvalue weighted by Gasteiger charge is 2.19. The summed E-state index contributed by atoms with van der Waals surface area (Å²) < 4.78 is 5.07. The summed E-state index contributed by atoms with van der Waals surface area (Å²) in [6.45, 7) is 6.60. The first-order valence-electron chi connectivity index (χ1n) is 8.92. The second-order valence-electron chi connectivity index (χ2n) is 6.26. The van der Waals surface area contributed by atoms with Gasteiger partial charge in [0.05, 0.1) is 0 Å². The molecule has 0 spiro atoms. The predicted octanol–water partition coefficient (Wildman–Crippen LogP) is 2.25. The molecule has 0 radical (unpaired) electrons. The van der Waals surface area contributed by atoms with Crippen molar-refractivity contribution in [1.29, 1.82) is 0 Å². The molecule has 2 aromatic rings. The van der Waals surface area contributed by atoms with Gasteiger partial charge in [0.25, 0.3) is 0 Å². The zero-order valence-corrected chi connectivity index (χ0v) is 14.9. The highest BCUT2D eigenvalue weighted by atomic mass is 16.5. The van der Waals surface area contributed by atoms with E-state index in [0.717, 1.165) is 64.1 Å². The highest BCUT2D eigenvalue weighted by Crippen LogP contribution is 2.15. The molecule has 1 aliphatic rings. The molecule has 6 nitrogen and oxygen atoms in total. The van der Waals surface area contributed by atoms with Gasteiger partial charge in [-0.15, -0.1) is 0 Å². The summed E-state index contributed by atoms with van der Waals surface area (Å²) in [6, 6.07) is 12.6. The molecule has 1 aliphatic heterocycles. The summed E-state index contributed by atoms with van der Waals surface area (Å²) >= 11 is 0. The van der Waals surface area contributed by atoms with Crippen LogP contribution in [-0.4, -0.2) is 61.3 Å². The third kappa shape index (κ3) is 5.41. The lowest BCUT2D eigenvalue weighted by Crippen LogP contribution is -2.46. The van der Waals surface area contributed by atoms with Gasteiger partial charge < -0.3 is 15.0 Å². The summed E-state index contributed by atoms with van der Waals surface area (Å²) in [6.07, 6.45) is 2.80. The van der Waals surface area contributed by atoms with E-state index >= 15 is 0 Å². The number of anilines is 2. The van der Waals surface area contributed by atoms with Gasteiger partial charge >= 0.3 is 0 Å². The fourth-order valence-corrected chi connectivity index (χ4v) is 2.98. The molecule has 6 heteroatoms. The predicted molar refractivity (Wildman–Crippen MR) is 101 cm³/mol. The Morgan fingerprint density at radius 3 is 2.64 bits per heavy atom. The van der Waals surface area contributed by atoms with Gasteiger partial charge in [0.2, 0.25) is 5.95 Å². The van der Waals surface area contributed by atoms with E-state index in [0.29, 0.717) is 0 Å². The first-order chi connectivity index (χ1) is 12.3. The summed E-state index contributed by atoms with van der Waals surface area (Å²) in [4.78, 5) is 13.8. The molecular formula is C19H27N5O. The monoisotopic (exact) mass is 341 g/mol. The molecule has 2 heterocycles. The van der Waals surface area contributed by atoms with Gasteiger partial charge in [0, 0.05) is 59.2 Å². The largest absolute Gasteiger partial charge is 0.385 e. The van der Waals surface area contributed by atoms with Crippen LogP contribution in [0.5, 0.6) is 0 Å². The molecule has 134 valence electrons. The second-order valence-corrected chi connectivity index (χ2v) is 6.26. The zero-order valence-electron chi connectivity index (χ0n) is 14.9. The number of nitrogens with zero attached hydrogens (tertiary/aromatic N) is 4. The summed E-state index contributed by atoms with van der Waals surface area (Å²) in [5, 5.41) is 3.33. The van der Waals surface area contributed by atoms with Gasteiger partial charge in [0.15, 0.2) is 0 Å². The number of piperazine rings is 1. The molecule has 0 aliphatic carbocycles. The molecule has 25 heavy (non-hydrogen) atoms. The minimum Gasteiger partial charge on any atom is -0.385 e. The molecule has 1 N–H and O–H groups in total. The van der Waals surface area contributed by atoms with E-state index in [4.69, 9.17) is 4.74 Å². The fourth-order valence-electron chi connectivity index (χ4n) is 2.98. The molecule has 1 saturated heterocycles. The van der Waals surface area contributed by atoms with E-state index < -0.39 is 0 Å². The smallest absolute Gasteiger partial charge is 0.227 e. The summed E-state index contributed by atoms with van der Waals surface area (Å²) in [7, 11) is 1.72. The Hall–Kier alpha value is -2.18. The summed E-state index contributed by atoms with van der Waals surface area (Å²) in [5.74, 6) is 1.70. The Morgan fingerprint density at radius 2 is 1.88 bits per heavy atom. The number of aromatic nitrogens is 2. The van der Waals surface area contributed by atoms with Crippen LogP contribution in [0.4, 0.5) is 11.8 Å². The number of nitrogens with one attached hydrogen (secondary N) is 1. The van der Waals surface area contributed by atoms with Crippen LogP contribution in [-0.2, 0) is 11.3 Å². The van der Waals surface area contributed by atoms with Crippen LogP contribution >= 0.6 is 0 Å². The molecular weight excluding hydrogens is 314 g/mol. The second kappa shape index (κ2) is 9.34. The van der Waals surface area contributed by atoms with Crippen molar-refractivity contribution in [3.8, 4) is 0 Å². The first kappa shape index (κ1) is 17.6. The number of methoxy groups -OCH3 is 1. The lowest BCUT2D eigenvalue weighted by atomic mass is 10.2. The molecule has 1 fully saturated rings. The highest BCUT2D eigenvalue weighted by molar-refractivity contribution is 5.41. The van der Waals surface area contributed by atoms with Gasteiger partial charge in [-0.2, -0.15) is 4.98 Å². The molecule has 0 bridgehead atoms. The first-order valence-corrected chi connectivity index (χ1v) is 8.92. The van der Waals surface area contributed by atoms with Crippen molar-refractivity contribution in [3.05, 3.63) is 48.2 Å². The van der Waals surface area contributed by atoms with Crippen molar-refractivity contribution in [1.82, 2.24) is 14.9 Å². The maximum absolute atomic E-state index is 5.07. The minimum atomic E-state index is 0.758. The van der Waals surface area contributed by atoms with Crippen LogP contribution in [0.15, 0.2) is 42.6 Å². The Balaban J connectivity index is 1.49. The molecule has 1 aromatic heterocycles. The van der Waals surface area contributed by atoms with E-state index in [-0.39, 0.29) is 0 Å².